The van der Waals surface area contributed by atoms with Crippen LogP contribution in [0.15, 0.2) is 48.1 Å². The minimum atomic E-state index is -0.474. The summed E-state index contributed by atoms with van der Waals surface area (Å²) in [4.78, 5) is 24.2. The van der Waals surface area contributed by atoms with Crippen molar-refractivity contribution in [3.63, 3.8) is 0 Å². The van der Waals surface area contributed by atoms with Crippen LogP contribution in [0.5, 0.6) is 23.0 Å². The standard InChI is InChI=1S/C21H20IN3O6/c1-3-6-29-20-15(22)7-13(8-18(20)28-2)10-24-25-19(26)11-23-21(27)14-4-5-16-17(9-14)31-12-30-16/h3-5,7-10H,1,6,11-12H2,2H3,(H,23,27)(H,25,26)/b24-10+. The summed E-state index contributed by atoms with van der Waals surface area (Å²) in [7, 11) is 1.54. The Kier molecular flexibility index (Phi) is 7.70. The predicted octanol–water partition coefficient (Wildman–Crippen LogP) is 2.47. The van der Waals surface area contributed by atoms with Gasteiger partial charge in [-0.05, 0) is 58.5 Å². The van der Waals surface area contributed by atoms with Crippen LogP contribution in [0.1, 0.15) is 15.9 Å². The van der Waals surface area contributed by atoms with Gasteiger partial charge in [0.1, 0.15) is 6.61 Å². The van der Waals surface area contributed by atoms with Crippen LogP contribution in [-0.2, 0) is 4.79 Å². The number of hydrogen-bond acceptors (Lipinski definition) is 7. The molecule has 0 aromatic heterocycles. The number of hydrogen-bond donors (Lipinski definition) is 2. The summed E-state index contributed by atoms with van der Waals surface area (Å²) < 4.78 is 22.2. The van der Waals surface area contributed by atoms with Gasteiger partial charge in [-0.1, -0.05) is 12.7 Å². The SMILES string of the molecule is C=CCOc1c(I)cc(/C=N/NC(=O)CNC(=O)c2ccc3c(c2)OCO3)cc1OC. The zero-order chi connectivity index (χ0) is 22.2. The van der Waals surface area contributed by atoms with Crippen molar-refractivity contribution in [3.8, 4) is 23.0 Å². The molecule has 1 aliphatic rings. The Morgan fingerprint density at radius 1 is 1.26 bits per heavy atom. The van der Waals surface area contributed by atoms with E-state index < -0.39 is 11.8 Å². The first kappa shape index (κ1) is 22.4. The number of rotatable bonds is 9. The molecule has 0 unspecified atom stereocenters. The lowest BCUT2D eigenvalue weighted by atomic mass is 10.2. The van der Waals surface area contributed by atoms with Gasteiger partial charge in [-0.2, -0.15) is 5.10 Å². The zero-order valence-electron chi connectivity index (χ0n) is 16.6. The van der Waals surface area contributed by atoms with Crippen molar-refractivity contribution < 1.29 is 28.5 Å². The molecule has 9 nitrogen and oxygen atoms in total. The second kappa shape index (κ2) is 10.7. The van der Waals surface area contributed by atoms with Crippen molar-refractivity contribution in [2.45, 2.75) is 0 Å². The molecule has 1 aliphatic heterocycles. The fraction of sp³-hybridized carbons (Fsp3) is 0.190. The van der Waals surface area contributed by atoms with E-state index in [0.717, 1.165) is 3.57 Å². The lowest BCUT2D eigenvalue weighted by molar-refractivity contribution is -0.120. The Hall–Kier alpha value is -3.28. The van der Waals surface area contributed by atoms with Gasteiger partial charge in [0.2, 0.25) is 6.79 Å². The van der Waals surface area contributed by atoms with Crippen molar-refractivity contribution in [2.75, 3.05) is 27.1 Å². The van der Waals surface area contributed by atoms with Crippen LogP contribution in [0, 0.1) is 3.57 Å². The summed E-state index contributed by atoms with van der Waals surface area (Å²) in [5, 5.41) is 6.45. The molecule has 0 radical (unpaired) electrons. The second-order valence-corrected chi connectivity index (χ2v) is 7.34. The summed E-state index contributed by atoms with van der Waals surface area (Å²) in [6, 6.07) is 8.36. The molecule has 0 spiro atoms. The van der Waals surface area contributed by atoms with Crippen molar-refractivity contribution in [3.05, 3.63) is 57.7 Å². The molecule has 0 aliphatic carbocycles. The molecule has 31 heavy (non-hydrogen) atoms. The van der Waals surface area contributed by atoms with E-state index in [0.29, 0.717) is 40.7 Å². The van der Waals surface area contributed by atoms with Gasteiger partial charge >= 0.3 is 0 Å². The Morgan fingerprint density at radius 3 is 2.84 bits per heavy atom. The van der Waals surface area contributed by atoms with Crippen molar-refractivity contribution in [1.82, 2.24) is 10.7 Å². The van der Waals surface area contributed by atoms with Crippen LogP contribution in [0.2, 0.25) is 0 Å². The molecule has 2 aromatic rings. The third-order valence-corrected chi connectivity index (χ3v) is 4.85. The van der Waals surface area contributed by atoms with E-state index in [1.54, 1.807) is 30.3 Å². The number of carbonyl (C=O) groups is 2. The van der Waals surface area contributed by atoms with Gasteiger partial charge in [-0.3, -0.25) is 9.59 Å². The van der Waals surface area contributed by atoms with Crippen LogP contribution in [0.25, 0.3) is 0 Å². The summed E-state index contributed by atoms with van der Waals surface area (Å²) in [6.07, 6.45) is 3.12. The molecular weight excluding hydrogens is 517 g/mol. The van der Waals surface area contributed by atoms with E-state index in [9.17, 15) is 9.59 Å². The molecule has 10 heteroatoms. The molecule has 1 heterocycles. The Morgan fingerprint density at radius 2 is 2.06 bits per heavy atom. The van der Waals surface area contributed by atoms with E-state index in [4.69, 9.17) is 18.9 Å². The number of ether oxygens (including phenoxy) is 4. The average molecular weight is 537 g/mol. The van der Waals surface area contributed by atoms with Gasteiger partial charge in [0.25, 0.3) is 11.8 Å². The zero-order valence-corrected chi connectivity index (χ0v) is 18.8. The van der Waals surface area contributed by atoms with E-state index in [1.807, 2.05) is 6.07 Å². The lowest BCUT2D eigenvalue weighted by Crippen LogP contribution is -2.34. The lowest BCUT2D eigenvalue weighted by Gasteiger charge is -2.12. The van der Waals surface area contributed by atoms with E-state index in [-0.39, 0.29) is 13.3 Å². The number of nitrogens with one attached hydrogen (secondary N) is 2. The highest BCUT2D eigenvalue weighted by Crippen LogP contribution is 2.34. The van der Waals surface area contributed by atoms with Crippen LogP contribution in [0.3, 0.4) is 0 Å². The second-order valence-electron chi connectivity index (χ2n) is 6.18. The third-order valence-electron chi connectivity index (χ3n) is 4.04. The van der Waals surface area contributed by atoms with Gasteiger partial charge in [-0.15, -0.1) is 0 Å². The molecular formula is C21H20IN3O6. The summed E-state index contributed by atoms with van der Waals surface area (Å²) >= 11 is 2.12. The van der Waals surface area contributed by atoms with Gasteiger partial charge in [0.15, 0.2) is 23.0 Å². The van der Waals surface area contributed by atoms with Gasteiger partial charge in [0.05, 0.1) is 23.4 Å². The normalized spacial score (nSPS) is 11.8. The highest BCUT2D eigenvalue weighted by Gasteiger charge is 2.16. The summed E-state index contributed by atoms with van der Waals surface area (Å²) in [5.74, 6) is 1.33. The maximum absolute atomic E-state index is 12.2. The first-order valence-electron chi connectivity index (χ1n) is 9.12. The number of amides is 2. The molecule has 0 bridgehead atoms. The third kappa shape index (κ3) is 5.87. The molecule has 3 rings (SSSR count). The highest BCUT2D eigenvalue weighted by molar-refractivity contribution is 14.1. The minimum Gasteiger partial charge on any atom is -0.493 e. The Balaban J connectivity index is 1.52. The topological polar surface area (TPSA) is 107 Å². The van der Waals surface area contributed by atoms with Crippen molar-refractivity contribution in [1.29, 1.82) is 0 Å². The number of hydrazone groups is 1. The van der Waals surface area contributed by atoms with E-state index in [1.165, 1.54) is 13.3 Å². The van der Waals surface area contributed by atoms with Gasteiger partial charge in [0, 0.05) is 5.56 Å². The molecule has 0 fully saturated rings. The summed E-state index contributed by atoms with van der Waals surface area (Å²) in [5.41, 5.74) is 3.44. The Bertz CT molecular complexity index is 1020. The van der Waals surface area contributed by atoms with Crippen LogP contribution < -0.4 is 29.7 Å². The highest BCUT2D eigenvalue weighted by atomic mass is 127. The molecule has 0 saturated carbocycles. The van der Waals surface area contributed by atoms with Gasteiger partial charge < -0.3 is 24.3 Å². The molecule has 2 N–H and O–H groups in total. The maximum atomic E-state index is 12.2. The number of methoxy groups -OCH3 is 1. The van der Waals surface area contributed by atoms with Crippen LogP contribution in [0.4, 0.5) is 0 Å². The van der Waals surface area contributed by atoms with Crippen LogP contribution in [-0.4, -0.2) is 45.1 Å². The molecule has 0 atom stereocenters. The van der Waals surface area contributed by atoms with Gasteiger partial charge in [-0.25, -0.2) is 5.43 Å². The summed E-state index contributed by atoms with van der Waals surface area (Å²) in [6.45, 7) is 3.87. The monoisotopic (exact) mass is 537 g/mol. The predicted molar refractivity (Wildman–Crippen MR) is 122 cm³/mol. The average Bonchev–Trinajstić information content (AvgIpc) is 3.24. The molecule has 2 aromatic carbocycles. The van der Waals surface area contributed by atoms with Crippen molar-refractivity contribution in [2.24, 2.45) is 5.10 Å². The largest absolute Gasteiger partial charge is 0.493 e. The van der Waals surface area contributed by atoms with E-state index >= 15 is 0 Å². The quantitative estimate of drug-likeness (QED) is 0.220. The number of nitrogens with zero attached hydrogens (tertiary/aromatic N) is 1. The fourth-order valence-electron chi connectivity index (χ4n) is 2.62. The molecule has 0 saturated heterocycles. The smallest absolute Gasteiger partial charge is 0.259 e. The first-order valence-corrected chi connectivity index (χ1v) is 10.2. The number of halogens is 1. The Labute approximate surface area is 192 Å². The number of fused-ring (bicyclic) bond motifs is 1. The fourth-order valence-corrected chi connectivity index (χ4v) is 3.40. The van der Waals surface area contributed by atoms with E-state index in [2.05, 4.69) is 45.0 Å². The molecule has 162 valence electrons. The van der Waals surface area contributed by atoms with Crippen molar-refractivity contribution >= 4 is 40.6 Å². The minimum absolute atomic E-state index is 0.121. The number of benzene rings is 2. The maximum Gasteiger partial charge on any atom is 0.259 e. The molecule has 2 amide bonds. The first-order chi connectivity index (χ1) is 15.0. The van der Waals surface area contributed by atoms with Crippen LogP contribution >= 0.6 is 22.6 Å². The number of carbonyl (C=O) groups excluding carboxylic acids is 2.